The summed E-state index contributed by atoms with van der Waals surface area (Å²) in [5.74, 6) is 0.215. The van der Waals surface area contributed by atoms with Crippen LogP contribution in [0.25, 0.3) is 0 Å². The fourth-order valence-corrected chi connectivity index (χ4v) is 3.65. The van der Waals surface area contributed by atoms with Crippen molar-refractivity contribution in [3.8, 4) is 0 Å². The van der Waals surface area contributed by atoms with Gasteiger partial charge in [0.2, 0.25) is 17.7 Å². The number of carbonyl (C=O) groups is 3. The first kappa shape index (κ1) is 18.4. The Balaban J connectivity index is 1.67. The predicted octanol–water partition coefficient (Wildman–Crippen LogP) is 1.93. The van der Waals surface area contributed by atoms with E-state index in [2.05, 4.69) is 5.32 Å². The van der Waals surface area contributed by atoms with E-state index in [0.29, 0.717) is 32.5 Å². The van der Waals surface area contributed by atoms with Gasteiger partial charge in [-0.15, -0.1) is 0 Å². The molecular formula is C20H27N3O3. The van der Waals surface area contributed by atoms with Gasteiger partial charge in [0.05, 0.1) is 11.8 Å². The van der Waals surface area contributed by atoms with Crippen LogP contribution in [0.2, 0.25) is 0 Å². The zero-order chi connectivity index (χ0) is 18.9. The summed E-state index contributed by atoms with van der Waals surface area (Å²) in [5, 5.41) is 2.89. The molecule has 0 saturated carbocycles. The SMILES string of the molecule is CCC(=O)N1CCCN(C(=O)Cc2ccc3c(c2)C(C)(C)C(=O)N3)CC1. The van der Waals surface area contributed by atoms with E-state index in [1.807, 2.05) is 48.8 Å². The number of hydrogen-bond donors (Lipinski definition) is 1. The Kier molecular flexibility index (Phi) is 5.03. The Bertz CT molecular complexity index is 742. The van der Waals surface area contributed by atoms with E-state index in [1.54, 1.807) is 0 Å². The Labute approximate surface area is 154 Å². The molecule has 0 aromatic heterocycles. The zero-order valence-electron chi connectivity index (χ0n) is 15.8. The Morgan fingerprint density at radius 1 is 1.08 bits per heavy atom. The van der Waals surface area contributed by atoms with Crippen LogP contribution in [0.4, 0.5) is 5.69 Å². The average molecular weight is 357 g/mol. The minimum absolute atomic E-state index is 0.0100. The molecule has 2 aliphatic rings. The van der Waals surface area contributed by atoms with Crippen LogP contribution in [0, 0.1) is 0 Å². The maximum absolute atomic E-state index is 12.7. The van der Waals surface area contributed by atoms with Crippen LogP contribution in [0.1, 0.15) is 44.7 Å². The molecule has 6 nitrogen and oxygen atoms in total. The van der Waals surface area contributed by atoms with Gasteiger partial charge in [-0.25, -0.2) is 0 Å². The van der Waals surface area contributed by atoms with Crippen molar-refractivity contribution >= 4 is 23.4 Å². The second kappa shape index (κ2) is 7.09. The zero-order valence-corrected chi connectivity index (χ0v) is 15.8. The number of benzene rings is 1. The molecule has 26 heavy (non-hydrogen) atoms. The van der Waals surface area contributed by atoms with Crippen LogP contribution >= 0.6 is 0 Å². The Morgan fingerprint density at radius 3 is 2.38 bits per heavy atom. The molecule has 2 heterocycles. The molecule has 1 saturated heterocycles. The number of hydrogen-bond acceptors (Lipinski definition) is 3. The number of rotatable bonds is 3. The van der Waals surface area contributed by atoms with Crippen molar-refractivity contribution in [1.82, 2.24) is 9.80 Å². The van der Waals surface area contributed by atoms with Crippen molar-refractivity contribution in [2.75, 3.05) is 31.5 Å². The maximum Gasteiger partial charge on any atom is 0.234 e. The number of nitrogens with one attached hydrogen (secondary N) is 1. The highest BCUT2D eigenvalue weighted by atomic mass is 16.2. The molecule has 1 aromatic rings. The summed E-state index contributed by atoms with van der Waals surface area (Å²) in [6, 6.07) is 5.76. The quantitative estimate of drug-likeness (QED) is 0.899. The van der Waals surface area contributed by atoms with E-state index in [1.165, 1.54) is 0 Å². The molecule has 0 unspecified atom stereocenters. The standard InChI is InChI=1S/C20H27N3O3/c1-4-17(24)22-8-5-9-23(11-10-22)18(25)13-14-6-7-16-15(12-14)20(2,3)19(26)21-16/h6-7,12H,4-5,8-11,13H2,1-3H3,(H,21,26). The molecule has 3 amide bonds. The second-order valence-electron chi connectivity index (χ2n) is 7.60. The van der Waals surface area contributed by atoms with Gasteiger partial charge >= 0.3 is 0 Å². The van der Waals surface area contributed by atoms with Crippen molar-refractivity contribution < 1.29 is 14.4 Å². The molecule has 6 heteroatoms. The molecule has 140 valence electrons. The highest BCUT2D eigenvalue weighted by Gasteiger charge is 2.38. The van der Waals surface area contributed by atoms with Crippen LogP contribution in [0.15, 0.2) is 18.2 Å². The third kappa shape index (κ3) is 3.45. The first-order valence-electron chi connectivity index (χ1n) is 9.33. The summed E-state index contributed by atoms with van der Waals surface area (Å²) in [6.07, 6.45) is 1.64. The Hall–Kier alpha value is -2.37. The smallest absolute Gasteiger partial charge is 0.234 e. The molecule has 1 N–H and O–H groups in total. The lowest BCUT2D eigenvalue weighted by molar-refractivity contribution is -0.133. The summed E-state index contributed by atoms with van der Waals surface area (Å²) in [5.41, 5.74) is 2.13. The van der Waals surface area contributed by atoms with Crippen LogP contribution in [-0.2, 0) is 26.2 Å². The Morgan fingerprint density at radius 2 is 1.73 bits per heavy atom. The highest BCUT2D eigenvalue weighted by Crippen LogP contribution is 2.37. The maximum atomic E-state index is 12.7. The molecule has 0 bridgehead atoms. The van der Waals surface area contributed by atoms with Crippen LogP contribution in [-0.4, -0.2) is 53.7 Å². The van der Waals surface area contributed by atoms with E-state index < -0.39 is 5.41 Å². The lowest BCUT2D eigenvalue weighted by Crippen LogP contribution is -2.37. The number of fused-ring (bicyclic) bond motifs is 1. The van der Waals surface area contributed by atoms with Crippen LogP contribution < -0.4 is 5.32 Å². The molecule has 3 rings (SSSR count). The topological polar surface area (TPSA) is 69.7 Å². The number of anilines is 1. The molecule has 0 radical (unpaired) electrons. The summed E-state index contributed by atoms with van der Waals surface area (Å²) < 4.78 is 0. The predicted molar refractivity (Wildman–Crippen MR) is 99.9 cm³/mol. The first-order chi connectivity index (χ1) is 12.3. The van der Waals surface area contributed by atoms with Crippen molar-refractivity contribution in [1.29, 1.82) is 0 Å². The normalized spacial score (nSPS) is 19.0. The van der Waals surface area contributed by atoms with Gasteiger partial charge in [-0.1, -0.05) is 19.1 Å². The van der Waals surface area contributed by atoms with Crippen molar-refractivity contribution in [3.05, 3.63) is 29.3 Å². The van der Waals surface area contributed by atoms with Crippen LogP contribution in [0.5, 0.6) is 0 Å². The number of carbonyl (C=O) groups excluding carboxylic acids is 3. The van der Waals surface area contributed by atoms with Gasteiger partial charge in [0.25, 0.3) is 0 Å². The first-order valence-corrected chi connectivity index (χ1v) is 9.33. The minimum Gasteiger partial charge on any atom is -0.341 e. The van der Waals surface area contributed by atoms with Crippen molar-refractivity contribution in [3.63, 3.8) is 0 Å². The second-order valence-corrected chi connectivity index (χ2v) is 7.60. The fraction of sp³-hybridized carbons (Fsp3) is 0.550. The molecule has 2 aliphatic heterocycles. The van der Waals surface area contributed by atoms with Crippen molar-refractivity contribution in [2.45, 2.75) is 45.4 Å². The van der Waals surface area contributed by atoms with E-state index in [4.69, 9.17) is 0 Å². The van der Waals surface area contributed by atoms with E-state index in [-0.39, 0.29) is 17.7 Å². The van der Waals surface area contributed by atoms with Gasteiger partial charge < -0.3 is 15.1 Å². The van der Waals surface area contributed by atoms with Gasteiger partial charge in [0.15, 0.2) is 0 Å². The molecule has 0 spiro atoms. The van der Waals surface area contributed by atoms with Crippen LogP contribution in [0.3, 0.4) is 0 Å². The van der Waals surface area contributed by atoms with E-state index in [0.717, 1.165) is 29.8 Å². The lowest BCUT2D eigenvalue weighted by atomic mass is 9.85. The van der Waals surface area contributed by atoms with Gasteiger partial charge in [0, 0.05) is 38.3 Å². The van der Waals surface area contributed by atoms with Gasteiger partial charge in [-0.3, -0.25) is 14.4 Å². The van der Waals surface area contributed by atoms with Gasteiger partial charge in [-0.05, 0) is 37.5 Å². The van der Waals surface area contributed by atoms with Gasteiger partial charge in [-0.2, -0.15) is 0 Å². The van der Waals surface area contributed by atoms with Crippen molar-refractivity contribution in [2.24, 2.45) is 0 Å². The number of nitrogens with zero attached hydrogens (tertiary/aromatic N) is 2. The lowest BCUT2D eigenvalue weighted by Gasteiger charge is -2.22. The molecule has 1 fully saturated rings. The average Bonchev–Trinajstić information content (AvgIpc) is 2.79. The third-order valence-corrected chi connectivity index (χ3v) is 5.43. The molecule has 0 aliphatic carbocycles. The monoisotopic (exact) mass is 357 g/mol. The van der Waals surface area contributed by atoms with Gasteiger partial charge in [0.1, 0.15) is 0 Å². The third-order valence-electron chi connectivity index (χ3n) is 5.43. The summed E-state index contributed by atoms with van der Waals surface area (Å²) in [6.45, 7) is 8.25. The summed E-state index contributed by atoms with van der Waals surface area (Å²) in [7, 11) is 0. The molecule has 1 aromatic carbocycles. The highest BCUT2D eigenvalue weighted by molar-refractivity contribution is 6.05. The molecule has 0 atom stereocenters. The summed E-state index contributed by atoms with van der Waals surface area (Å²) >= 11 is 0. The largest absolute Gasteiger partial charge is 0.341 e. The minimum atomic E-state index is -0.571. The summed E-state index contributed by atoms with van der Waals surface area (Å²) in [4.78, 5) is 40.4. The fourth-order valence-electron chi connectivity index (χ4n) is 3.65. The van der Waals surface area contributed by atoms with E-state index >= 15 is 0 Å². The molecular weight excluding hydrogens is 330 g/mol. The van der Waals surface area contributed by atoms with E-state index in [9.17, 15) is 14.4 Å². The number of amides is 3.